The Hall–Kier alpha value is -4.54. The van der Waals surface area contributed by atoms with Crippen LogP contribution >= 0.6 is 0 Å². The second-order valence-corrected chi connectivity index (χ2v) is 10.5. The summed E-state index contributed by atoms with van der Waals surface area (Å²) >= 11 is 0. The van der Waals surface area contributed by atoms with E-state index in [1.165, 1.54) is 38.2 Å². The first-order chi connectivity index (χ1) is 19.9. The van der Waals surface area contributed by atoms with Gasteiger partial charge in [-0.05, 0) is 61.9 Å². The standard InChI is InChI=1S/C24H16FN5O2.C7H12FN/c1-3-16-19(25)5-4-13-8-15(31)9-17(22(13)16)20-10-21-18(12-27-24(29-21)32-2)23(28-20)30-7-6-14(30)11-26;8-6-4-7-2-1-3-9(7)5-6/h1,4-5,8-10,12,14,31H,6-7H2,2H3;6-7H,1-5H2. The number of nitrogens with zero attached hydrogens (tertiary/aromatic N) is 6. The zero-order valence-electron chi connectivity index (χ0n) is 22.5. The van der Waals surface area contributed by atoms with Gasteiger partial charge in [-0.15, -0.1) is 6.42 Å². The predicted molar refractivity (Wildman–Crippen MR) is 152 cm³/mol. The number of aromatic hydroxyl groups is 1. The molecular weight excluding hydrogens is 526 g/mol. The molecule has 0 spiro atoms. The molecule has 3 aliphatic heterocycles. The number of nitriles is 1. The van der Waals surface area contributed by atoms with Gasteiger partial charge >= 0.3 is 6.01 Å². The highest BCUT2D eigenvalue weighted by Crippen LogP contribution is 2.39. The quantitative estimate of drug-likeness (QED) is 0.355. The number of methoxy groups -OCH3 is 1. The van der Waals surface area contributed by atoms with Crippen molar-refractivity contribution in [2.45, 2.75) is 43.9 Å². The van der Waals surface area contributed by atoms with E-state index in [0.29, 0.717) is 57.9 Å². The second-order valence-electron chi connectivity index (χ2n) is 10.5. The number of pyridine rings is 1. The minimum absolute atomic E-state index is 0.00959. The van der Waals surface area contributed by atoms with Crippen LogP contribution in [0.15, 0.2) is 36.5 Å². The van der Waals surface area contributed by atoms with Gasteiger partial charge in [0.2, 0.25) is 0 Å². The van der Waals surface area contributed by atoms with E-state index in [-0.39, 0.29) is 23.4 Å². The molecule has 3 fully saturated rings. The van der Waals surface area contributed by atoms with Crippen molar-refractivity contribution in [3.05, 3.63) is 47.9 Å². The summed E-state index contributed by atoms with van der Waals surface area (Å²) in [6.45, 7) is 2.51. The molecule has 3 aliphatic rings. The normalized spacial score (nSPS) is 21.5. The number of hydrogen-bond donors (Lipinski definition) is 1. The molecule has 2 aromatic heterocycles. The van der Waals surface area contributed by atoms with Gasteiger partial charge in [0.05, 0.1) is 35.3 Å². The number of aromatic nitrogens is 3. The van der Waals surface area contributed by atoms with E-state index in [9.17, 15) is 19.1 Å². The molecule has 0 aliphatic carbocycles. The van der Waals surface area contributed by atoms with Crippen molar-refractivity contribution in [1.29, 1.82) is 5.26 Å². The van der Waals surface area contributed by atoms with Crippen molar-refractivity contribution < 1.29 is 18.6 Å². The summed E-state index contributed by atoms with van der Waals surface area (Å²) in [4.78, 5) is 17.6. The van der Waals surface area contributed by atoms with Crippen LogP contribution in [-0.4, -0.2) is 70.0 Å². The minimum Gasteiger partial charge on any atom is -0.508 e. The molecule has 1 N–H and O–H groups in total. The topological polar surface area (TPSA) is 98.4 Å². The first-order valence-corrected chi connectivity index (χ1v) is 13.6. The van der Waals surface area contributed by atoms with Crippen LogP contribution in [-0.2, 0) is 0 Å². The molecule has 5 heterocycles. The van der Waals surface area contributed by atoms with Crippen molar-refractivity contribution >= 4 is 27.5 Å². The van der Waals surface area contributed by atoms with Gasteiger partial charge in [0.1, 0.15) is 29.6 Å². The fourth-order valence-electron chi connectivity index (χ4n) is 6.02. The summed E-state index contributed by atoms with van der Waals surface area (Å²) in [7, 11) is 1.47. The van der Waals surface area contributed by atoms with E-state index in [4.69, 9.17) is 16.1 Å². The van der Waals surface area contributed by atoms with E-state index in [1.807, 2.05) is 4.90 Å². The Balaban J connectivity index is 0.000000283. The summed E-state index contributed by atoms with van der Waals surface area (Å²) in [6.07, 6.45) is 10.8. The highest BCUT2D eigenvalue weighted by atomic mass is 19.1. The number of rotatable bonds is 3. The molecule has 0 saturated carbocycles. The molecule has 2 aromatic carbocycles. The third kappa shape index (κ3) is 4.85. The Labute approximate surface area is 236 Å². The highest BCUT2D eigenvalue weighted by molar-refractivity contribution is 6.03. The molecule has 41 heavy (non-hydrogen) atoms. The van der Waals surface area contributed by atoms with E-state index >= 15 is 0 Å². The Morgan fingerprint density at radius 1 is 1.17 bits per heavy atom. The zero-order valence-corrected chi connectivity index (χ0v) is 22.5. The van der Waals surface area contributed by atoms with E-state index in [2.05, 4.69) is 26.9 Å². The third-order valence-corrected chi connectivity index (χ3v) is 8.09. The maximum Gasteiger partial charge on any atom is 0.316 e. The molecule has 10 heteroatoms. The van der Waals surface area contributed by atoms with Gasteiger partial charge in [0.25, 0.3) is 0 Å². The molecule has 3 atom stereocenters. The third-order valence-electron chi connectivity index (χ3n) is 8.09. The first kappa shape index (κ1) is 26.7. The second kappa shape index (κ2) is 10.8. The summed E-state index contributed by atoms with van der Waals surface area (Å²) in [5.41, 5.74) is 1.51. The lowest BCUT2D eigenvalue weighted by Gasteiger charge is -2.38. The lowest BCUT2D eigenvalue weighted by atomic mass is 9.95. The minimum atomic E-state index is -0.538. The van der Waals surface area contributed by atoms with Crippen LogP contribution in [0.5, 0.6) is 11.8 Å². The predicted octanol–water partition coefficient (Wildman–Crippen LogP) is 4.97. The Bertz CT molecular complexity index is 1720. The van der Waals surface area contributed by atoms with Gasteiger partial charge < -0.3 is 14.7 Å². The van der Waals surface area contributed by atoms with E-state index in [0.717, 1.165) is 19.4 Å². The Morgan fingerprint density at radius 3 is 2.73 bits per heavy atom. The Kier molecular flexibility index (Phi) is 7.02. The summed E-state index contributed by atoms with van der Waals surface area (Å²) in [5.74, 6) is 2.40. The van der Waals surface area contributed by atoms with Gasteiger partial charge in [-0.2, -0.15) is 10.2 Å². The lowest BCUT2D eigenvalue weighted by molar-refractivity contribution is 0.292. The SMILES string of the molecule is C#Cc1c(F)ccc2cc(O)cc(-c3cc4nc(OC)ncc4c(N4CCC4C#N)n3)c12.FC1CC2CCCN2C1. The van der Waals surface area contributed by atoms with Crippen LogP contribution in [0.2, 0.25) is 0 Å². The van der Waals surface area contributed by atoms with Gasteiger partial charge in [0.15, 0.2) is 0 Å². The summed E-state index contributed by atoms with van der Waals surface area (Å²) in [5, 5.41) is 21.5. The van der Waals surface area contributed by atoms with E-state index < -0.39 is 12.0 Å². The number of fused-ring (bicyclic) bond motifs is 3. The van der Waals surface area contributed by atoms with E-state index in [1.54, 1.807) is 18.3 Å². The van der Waals surface area contributed by atoms with Crippen molar-refractivity contribution in [2.24, 2.45) is 0 Å². The number of ether oxygens (including phenoxy) is 1. The van der Waals surface area contributed by atoms with Crippen LogP contribution in [0, 0.1) is 29.5 Å². The maximum absolute atomic E-state index is 14.5. The molecule has 208 valence electrons. The van der Waals surface area contributed by atoms with Crippen molar-refractivity contribution in [2.75, 3.05) is 31.6 Å². The molecular formula is C31H28F2N6O2. The van der Waals surface area contributed by atoms with Crippen molar-refractivity contribution in [3.63, 3.8) is 0 Å². The highest BCUT2D eigenvalue weighted by Gasteiger charge is 2.35. The van der Waals surface area contributed by atoms with Gasteiger partial charge in [-0.25, -0.2) is 18.7 Å². The maximum atomic E-state index is 14.5. The van der Waals surface area contributed by atoms with Crippen LogP contribution in [0.25, 0.3) is 32.9 Å². The van der Waals surface area contributed by atoms with Gasteiger partial charge in [-0.1, -0.05) is 12.0 Å². The molecule has 8 nitrogen and oxygen atoms in total. The summed E-state index contributed by atoms with van der Waals surface area (Å²) < 4.78 is 32.3. The molecule has 0 radical (unpaired) electrons. The first-order valence-electron chi connectivity index (χ1n) is 13.6. The van der Waals surface area contributed by atoms with Gasteiger partial charge in [0, 0.05) is 36.3 Å². The fraction of sp³-hybridized carbons (Fsp3) is 0.355. The van der Waals surface area contributed by atoms with Crippen LogP contribution < -0.4 is 9.64 Å². The Morgan fingerprint density at radius 2 is 2.02 bits per heavy atom. The molecule has 7 rings (SSSR count). The smallest absolute Gasteiger partial charge is 0.316 e. The number of anilines is 1. The number of halogens is 2. The number of terminal acetylenes is 1. The fourth-order valence-corrected chi connectivity index (χ4v) is 6.02. The molecule has 3 unspecified atom stereocenters. The van der Waals surface area contributed by atoms with Crippen molar-refractivity contribution in [3.8, 4) is 41.4 Å². The molecule has 0 bridgehead atoms. The number of alkyl halides is 1. The van der Waals surface area contributed by atoms with Crippen molar-refractivity contribution in [1.82, 2.24) is 19.9 Å². The largest absolute Gasteiger partial charge is 0.508 e. The summed E-state index contributed by atoms with van der Waals surface area (Å²) in [6, 6.07) is 10.3. The molecule has 0 amide bonds. The van der Waals surface area contributed by atoms with Crippen LogP contribution in [0.3, 0.4) is 0 Å². The van der Waals surface area contributed by atoms with Gasteiger partial charge in [-0.3, -0.25) is 4.90 Å². The number of benzene rings is 2. The van der Waals surface area contributed by atoms with Crippen LogP contribution in [0.1, 0.15) is 31.2 Å². The monoisotopic (exact) mass is 554 g/mol. The average Bonchev–Trinajstić information content (AvgIpc) is 3.53. The lowest BCUT2D eigenvalue weighted by Crippen LogP contribution is -2.47. The number of hydrogen-bond acceptors (Lipinski definition) is 8. The number of phenols is 1. The molecule has 4 aromatic rings. The molecule has 3 saturated heterocycles. The zero-order chi connectivity index (χ0) is 28.7. The van der Waals surface area contributed by atoms with Crippen LogP contribution in [0.4, 0.5) is 14.6 Å². The number of phenolic OH excluding ortho intramolecular Hbond substituents is 1. The average molecular weight is 555 g/mol.